The number of amides is 2. The molecule has 8 heteroatoms. The zero-order valence-corrected chi connectivity index (χ0v) is 22.8. The predicted octanol–water partition coefficient (Wildman–Crippen LogP) is 3.14. The minimum absolute atomic E-state index is 0. The van der Waals surface area contributed by atoms with Crippen molar-refractivity contribution < 1.29 is 30.6 Å². The van der Waals surface area contributed by atoms with Crippen LogP contribution in [-0.2, 0) is 19.2 Å². The van der Waals surface area contributed by atoms with E-state index >= 15 is 0 Å². The molecule has 0 fully saturated rings. The number of ketones is 2. The average molecular weight is 519 g/mol. The Morgan fingerprint density at radius 2 is 1.19 bits per heavy atom. The van der Waals surface area contributed by atoms with Gasteiger partial charge in [0.1, 0.15) is 5.78 Å². The zero-order chi connectivity index (χ0) is 27.4. The highest BCUT2D eigenvalue weighted by atomic mass is 16.2. The van der Waals surface area contributed by atoms with E-state index in [2.05, 4.69) is 35.3 Å². The van der Waals surface area contributed by atoms with Gasteiger partial charge in [0.2, 0.25) is 11.8 Å². The molecule has 36 heavy (non-hydrogen) atoms. The molecule has 8 N–H and O–H groups in total. The molecule has 2 amide bonds. The summed E-state index contributed by atoms with van der Waals surface area (Å²) in [5.74, 6) is 0.978. The average Bonchev–Trinajstić information content (AvgIpc) is 2.87. The fourth-order valence-electron chi connectivity index (χ4n) is 1.83. The number of hydrogen-bond acceptors (Lipinski definition) is 4. The Bertz CT molecular complexity index is 552. The van der Waals surface area contributed by atoms with Crippen LogP contribution in [0.3, 0.4) is 0 Å². The first-order valence-electron chi connectivity index (χ1n) is 12.5. The second kappa shape index (κ2) is 37.2. The topological polar surface area (TPSA) is 148 Å². The van der Waals surface area contributed by atoms with Gasteiger partial charge in [-0.2, -0.15) is 0 Å². The van der Waals surface area contributed by atoms with Crippen molar-refractivity contribution >= 4 is 23.4 Å². The molecule has 0 aromatic carbocycles. The number of hydrogen-bond donors (Lipinski definition) is 4. The van der Waals surface area contributed by atoms with E-state index in [9.17, 15) is 19.2 Å². The molecule has 2 atom stereocenters. The van der Waals surface area contributed by atoms with E-state index in [4.69, 9.17) is 0 Å². The van der Waals surface area contributed by atoms with Crippen LogP contribution in [0.15, 0.2) is 25.3 Å². The van der Waals surface area contributed by atoms with Crippen molar-refractivity contribution in [3.05, 3.63) is 25.3 Å². The van der Waals surface area contributed by atoms with Gasteiger partial charge in [-0.05, 0) is 25.0 Å². The summed E-state index contributed by atoms with van der Waals surface area (Å²) in [6.45, 7) is 21.5. The van der Waals surface area contributed by atoms with Gasteiger partial charge in [0.15, 0.2) is 5.78 Å². The molecule has 8 nitrogen and oxygen atoms in total. The van der Waals surface area contributed by atoms with Gasteiger partial charge in [-0.15, -0.1) is 0 Å². The summed E-state index contributed by atoms with van der Waals surface area (Å²) in [5, 5.41) is 5.49. The largest absolute Gasteiger partial charge is 0.358 e. The molecule has 216 valence electrons. The van der Waals surface area contributed by atoms with E-state index in [0.717, 1.165) is 45.3 Å². The van der Waals surface area contributed by atoms with Crippen molar-refractivity contribution in [2.45, 2.75) is 94.9 Å². The zero-order valence-electron chi connectivity index (χ0n) is 22.8. The Balaban J connectivity index is -0.0000000835. The molecule has 0 heterocycles. The smallest absolute Gasteiger partial charge is 0.243 e. The predicted molar refractivity (Wildman–Crippen MR) is 154 cm³/mol. The molecule has 0 rings (SSSR count). The number of Topliss-reactive ketones (excluding diaryl/α,β-unsaturated/α-hetero) is 1. The molecule has 0 aliphatic carbocycles. The van der Waals surface area contributed by atoms with Gasteiger partial charge in [0.05, 0.1) is 13.1 Å². The number of nitrogens with one attached hydrogen (secondary N) is 2. The molecule has 2 unspecified atom stereocenters. The first-order valence-corrected chi connectivity index (χ1v) is 12.5. The molecular formula is C28H62N4O4+2. The van der Waals surface area contributed by atoms with Crippen LogP contribution in [0.1, 0.15) is 94.9 Å². The van der Waals surface area contributed by atoms with E-state index in [1.54, 1.807) is 0 Å². The SMILES string of the molecule is C.C.C=CC(=O)CC.C=CC(=O)NCCC[NH3+].CCC(=O)C(C)CC.CCC(C)C(=O)NCCC[NH3+]. The van der Waals surface area contributed by atoms with Gasteiger partial charge >= 0.3 is 0 Å². The van der Waals surface area contributed by atoms with Crippen molar-refractivity contribution in [2.75, 3.05) is 26.2 Å². The van der Waals surface area contributed by atoms with Crippen LogP contribution < -0.4 is 22.1 Å². The number of allylic oxidation sites excluding steroid dienone is 1. The van der Waals surface area contributed by atoms with Gasteiger partial charge in [0, 0.05) is 50.6 Å². The lowest BCUT2D eigenvalue weighted by atomic mass is 10.0. The Morgan fingerprint density at radius 3 is 1.44 bits per heavy atom. The van der Waals surface area contributed by atoms with Gasteiger partial charge in [-0.25, -0.2) is 0 Å². The van der Waals surface area contributed by atoms with E-state index < -0.39 is 0 Å². The molecule has 0 spiro atoms. The molecular weight excluding hydrogens is 456 g/mol. The highest BCUT2D eigenvalue weighted by molar-refractivity contribution is 5.88. The Kier molecular flexibility index (Phi) is 48.6. The van der Waals surface area contributed by atoms with E-state index in [1.807, 2.05) is 41.5 Å². The van der Waals surface area contributed by atoms with Gasteiger partial charge in [-0.1, -0.05) is 69.6 Å². The van der Waals surface area contributed by atoms with E-state index in [-0.39, 0.29) is 44.3 Å². The fourth-order valence-corrected chi connectivity index (χ4v) is 1.83. The second-order valence-electron chi connectivity index (χ2n) is 7.66. The minimum atomic E-state index is -0.108. The molecule has 0 saturated carbocycles. The van der Waals surface area contributed by atoms with E-state index in [1.165, 1.54) is 12.2 Å². The molecule has 0 saturated heterocycles. The van der Waals surface area contributed by atoms with Crippen LogP contribution in [0.5, 0.6) is 0 Å². The van der Waals surface area contributed by atoms with Crippen LogP contribution in [0.2, 0.25) is 0 Å². The van der Waals surface area contributed by atoms with Crippen LogP contribution in [-0.4, -0.2) is 49.6 Å². The Morgan fingerprint density at radius 1 is 0.750 bits per heavy atom. The van der Waals surface area contributed by atoms with Crippen molar-refractivity contribution in [1.29, 1.82) is 0 Å². The summed E-state index contributed by atoms with van der Waals surface area (Å²) in [6.07, 6.45) is 7.66. The fraction of sp³-hybridized carbons (Fsp3) is 0.714. The number of carbonyl (C=O) groups is 4. The van der Waals surface area contributed by atoms with Crippen LogP contribution in [0.4, 0.5) is 0 Å². The molecule has 0 aromatic heterocycles. The van der Waals surface area contributed by atoms with Crippen LogP contribution >= 0.6 is 0 Å². The Labute approximate surface area is 223 Å². The molecule has 0 bridgehead atoms. The van der Waals surface area contributed by atoms with Crippen molar-refractivity contribution in [1.82, 2.24) is 10.6 Å². The van der Waals surface area contributed by atoms with Crippen LogP contribution in [0.25, 0.3) is 0 Å². The number of quaternary nitrogens is 2. The maximum absolute atomic E-state index is 11.1. The summed E-state index contributed by atoms with van der Waals surface area (Å²) in [4.78, 5) is 42.4. The summed E-state index contributed by atoms with van der Waals surface area (Å²) < 4.78 is 0. The van der Waals surface area contributed by atoms with Crippen molar-refractivity contribution in [3.63, 3.8) is 0 Å². The summed E-state index contributed by atoms with van der Waals surface area (Å²) in [7, 11) is 0. The second-order valence-corrected chi connectivity index (χ2v) is 7.66. The van der Waals surface area contributed by atoms with Gasteiger partial charge in [-0.3, -0.25) is 19.2 Å². The van der Waals surface area contributed by atoms with Crippen molar-refractivity contribution in [2.24, 2.45) is 11.8 Å². The monoisotopic (exact) mass is 518 g/mol. The standard InChI is InChI=1S/C8H18N2O.C7H14O.C6H12N2O.C5H8O.2CH4/c1-3-7(2)8(11)10-6-4-5-9;1-4-6(3)7(8)5-2;1-2-6(9)8-5-3-4-7;1-3-5(6)4-2;;/h7H,3-6,9H2,1-2H3,(H,10,11);6H,4-5H2,1-3H3;2H,1,3-5,7H2,(H,8,9);3H,1,4H2,2H3;2*1H4/p+2. The Hall–Kier alpha value is -2.32. The molecule has 0 aliphatic rings. The number of carbonyl (C=O) groups excluding carboxylic acids is 4. The van der Waals surface area contributed by atoms with Gasteiger partial charge in [0.25, 0.3) is 0 Å². The maximum atomic E-state index is 11.1. The lowest BCUT2D eigenvalue weighted by Gasteiger charge is -2.08. The highest BCUT2D eigenvalue weighted by Gasteiger charge is 2.08. The quantitative estimate of drug-likeness (QED) is 0.206. The lowest BCUT2D eigenvalue weighted by molar-refractivity contribution is -0.368. The minimum Gasteiger partial charge on any atom is -0.358 e. The maximum Gasteiger partial charge on any atom is 0.243 e. The van der Waals surface area contributed by atoms with Crippen molar-refractivity contribution in [3.8, 4) is 0 Å². The highest BCUT2D eigenvalue weighted by Crippen LogP contribution is 2.03. The first kappa shape index (κ1) is 46.9. The van der Waals surface area contributed by atoms with Crippen LogP contribution in [0, 0.1) is 11.8 Å². The van der Waals surface area contributed by atoms with Gasteiger partial charge < -0.3 is 22.1 Å². The molecule has 0 aromatic rings. The normalized spacial score (nSPS) is 10.2. The summed E-state index contributed by atoms with van der Waals surface area (Å²) in [6, 6.07) is 0. The summed E-state index contributed by atoms with van der Waals surface area (Å²) in [5.41, 5.74) is 7.33. The third kappa shape index (κ3) is 38.9. The van der Waals surface area contributed by atoms with E-state index in [0.29, 0.717) is 25.2 Å². The summed E-state index contributed by atoms with van der Waals surface area (Å²) >= 11 is 0. The lowest BCUT2D eigenvalue weighted by Crippen LogP contribution is -2.51. The molecule has 0 aliphatic heterocycles. The number of rotatable bonds is 14. The molecule has 0 radical (unpaired) electrons. The third-order valence-electron chi connectivity index (χ3n) is 4.78. The third-order valence-corrected chi connectivity index (χ3v) is 4.78. The first-order chi connectivity index (χ1) is 16.1.